The van der Waals surface area contributed by atoms with Crippen molar-refractivity contribution < 1.29 is 9.59 Å². The van der Waals surface area contributed by atoms with Crippen molar-refractivity contribution in [3.8, 4) is 0 Å². The zero-order valence-electron chi connectivity index (χ0n) is 11.3. The minimum atomic E-state index is -0.189. The van der Waals surface area contributed by atoms with Crippen LogP contribution in [0.25, 0.3) is 0 Å². The first-order chi connectivity index (χ1) is 9.10. The SMILES string of the molecule is CCN1C[C@H](C(=O)NCCc2nc(C)cs2)CC1=O. The Hall–Kier alpha value is -1.43. The van der Waals surface area contributed by atoms with Crippen LogP contribution in [-0.4, -0.2) is 41.3 Å². The molecule has 5 nitrogen and oxygen atoms in total. The molecule has 0 saturated carbocycles. The summed E-state index contributed by atoms with van der Waals surface area (Å²) >= 11 is 1.61. The second-order valence-electron chi connectivity index (χ2n) is 4.76. The summed E-state index contributed by atoms with van der Waals surface area (Å²) in [5.74, 6) is -0.124. The van der Waals surface area contributed by atoms with Gasteiger partial charge in [-0.3, -0.25) is 9.59 Å². The molecule has 0 unspecified atom stereocenters. The molecule has 1 N–H and O–H groups in total. The molecule has 0 bridgehead atoms. The number of hydrogen-bond donors (Lipinski definition) is 1. The molecule has 19 heavy (non-hydrogen) atoms. The Morgan fingerprint density at radius 2 is 2.42 bits per heavy atom. The van der Waals surface area contributed by atoms with E-state index in [0.29, 0.717) is 26.1 Å². The van der Waals surface area contributed by atoms with Gasteiger partial charge in [-0.25, -0.2) is 4.98 Å². The maximum Gasteiger partial charge on any atom is 0.225 e. The number of nitrogens with one attached hydrogen (secondary N) is 1. The van der Waals surface area contributed by atoms with Gasteiger partial charge >= 0.3 is 0 Å². The second kappa shape index (κ2) is 6.14. The Labute approximate surface area is 117 Å². The van der Waals surface area contributed by atoms with Crippen molar-refractivity contribution in [1.82, 2.24) is 15.2 Å². The lowest BCUT2D eigenvalue weighted by molar-refractivity contribution is -0.128. The van der Waals surface area contributed by atoms with Crippen LogP contribution in [0.2, 0.25) is 0 Å². The van der Waals surface area contributed by atoms with Crippen LogP contribution < -0.4 is 5.32 Å². The van der Waals surface area contributed by atoms with Gasteiger partial charge in [0, 0.05) is 43.5 Å². The molecule has 1 saturated heterocycles. The average molecular weight is 281 g/mol. The van der Waals surface area contributed by atoms with E-state index in [9.17, 15) is 9.59 Å². The highest BCUT2D eigenvalue weighted by Gasteiger charge is 2.32. The molecular formula is C13H19N3O2S. The van der Waals surface area contributed by atoms with Gasteiger partial charge in [0.15, 0.2) is 0 Å². The molecule has 2 amide bonds. The first-order valence-electron chi connectivity index (χ1n) is 6.56. The van der Waals surface area contributed by atoms with Crippen molar-refractivity contribution in [3.05, 3.63) is 16.1 Å². The Balaban J connectivity index is 1.74. The minimum Gasteiger partial charge on any atom is -0.355 e. The lowest BCUT2D eigenvalue weighted by atomic mass is 10.1. The van der Waals surface area contributed by atoms with Gasteiger partial charge in [0.25, 0.3) is 0 Å². The lowest BCUT2D eigenvalue weighted by Crippen LogP contribution is -2.34. The lowest BCUT2D eigenvalue weighted by Gasteiger charge is -2.13. The summed E-state index contributed by atoms with van der Waals surface area (Å²) in [6, 6.07) is 0. The van der Waals surface area contributed by atoms with Gasteiger partial charge in [-0.2, -0.15) is 0 Å². The summed E-state index contributed by atoms with van der Waals surface area (Å²) in [6.45, 7) is 5.71. The zero-order chi connectivity index (χ0) is 13.8. The third-order valence-electron chi connectivity index (χ3n) is 3.27. The maximum atomic E-state index is 11.9. The van der Waals surface area contributed by atoms with Crippen LogP contribution >= 0.6 is 11.3 Å². The Morgan fingerprint density at radius 3 is 3.00 bits per heavy atom. The fraction of sp³-hybridized carbons (Fsp3) is 0.615. The van der Waals surface area contributed by atoms with Gasteiger partial charge in [-0.1, -0.05) is 0 Å². The molecule has 0 spiro atoms. The summed E-state index contributed by atoms with van der Waals surface area (Å²) < 4.78 is 0. The first kappa shape index (κ1) is 14.0. The largest absolute Gasteiger partial charge is 0.355 e. The van der Waals surface area contributed by atoms with E-state index in [0.717, 1.165) is 17.1 Å². The van der Waals surface area contributed by atoms with Crippen LogP contribution in [-0.2, 0) is 16.0 Å². The fourth-order valence-corrected chi connectivity index (χ4v) is 2.98. The van der Waals surface area contributed by atoms with Gasteiger partial charge < -0.3 is 10.2 Å². The molecule has 0 radical (unpaired) electrons. The van der Waals surface area contributed by atoms with Crippen LogP contribution in [0.5, 0.6) is 0 Å². The molecule has 1 aromatic heterocycles. The van der Waals surface area contributed by atoms with E-state index < -0.39 is 0 Å². The van der Waals surface area contributed by atoms with Gasteiger partial charge in [0.1, 0.15) is 0 Å². The molecule has 1 atom stereocenters. The van der Waals surface area contributed by atoms with Gasteiger partial charge in [-0.05, 0) is 13.8 Å². The predicted molar refractivity (Wildman–Crippen MR) is 73.9 cm³/mol. The number of thiazole rings is 1. The second-order valence-corrected chi connectivity index (χ2v) is 5.70. The van der Waals surface area contributed by atoms with Crippen LogP contribution in [0.4, 0.5) is 0 Å². The van der Waals surface area contributed by atoms with E-state index in [1.165, 1.54) is 0 Å². The molecule has 104 valence electrons. The molecule has 2 heterocycles. The maximum absolute atomic E-state index is 11.9. The highest BCUT2D eigenvalue weighted by atomic mass is 32.1. The van der Waals surface area contributed by atoms with Gasteiger partial charge in [-0.15, -0.1) is 11.3 Å². The summed E-state index contributed by atoms with van der Waals surface area (Å²) in [7, 11) is 0. The molecule has 1 fully saturated rings. The first-order valence-corrected chi connectivity index (χ1v) is 7.44. The Kier molecular flexibility index (Phi) is 4.52. The number of likely N-dealkylation sites (tertiary alicyclic amines) is 1. The topological polar surface area (TPSA) is 62.3 Å². The van der Waals surface area contributed by atoms with Crippen molar-refractivity contribution >= 4 is 23.2 Å². The molecular weight excluding hydrogens is 262 g/mol. The molecule has 2 rings (SSSR count). The molecule has 0 aliphatic carbocycles. The third-order valence-corrected chi connectivity index (χ3v) is 4.30. The number of hydrogen-bond acceptors (Lipinski definition) is 4. The molecule has 0 aromatic carbocycles. The Morgan fingerprint density at radius 1 is 1.63 bits per heavy atom. The molecule has 1 aromatic rings. The molecule has 1 aliphatic heterocycles. The van der Waals surface area contributed by atoms with E-state index in [1.807, 2.05) is 19.2 Å². The predicted octanol–water partition coefficient (Wildman–Crippen LogP) is 0.979. The number of aryl methyl sites for hydroxylation is 1. The fourth-order valence-electron chi connectivity index (χ4n) is 2.21. The van der Waals surface area contributed by atoms with Crippen molar-refractivity contribution in [2.24, 2.45) is 5.92 Å². The quantitative estimate of drug-likeness (QED) is 0.875. The van der Waals surface area contributed by atoms with Gasteiger partial charge in [0.2, 0.25) is 11.8 Å². The smallest absolute Gasteiger partial charge is 0.225 e. The number of rotatable bonds is 5. The third kappa shape index (κ3) is 3.53. The standard InChI is InChI=1S/C13H19N3O2S/c1-3-16-7-10(6-12(16)17)13(18)14-5-4-11-15-9(2)8-19-11/h8,10H,3-7H2,1-2H3,(H,14,18)/t10-/m1/s1. The summed E-state index contributed by atoms with van der Waals surface area (Å²) in [4.78, 5) is 29.6. The average Bonchev–Trinajstić information content (AvgIpc) is 2.95. The van der Waals surface area contributed by atoms with E-state index in [2.05, 4.69) is 10.3 Å². The highest BCUT2D eigenvalue weighted by molar-refractivity contribution is 7.09. The monoisotopic (exact) mass is 281 g/mol. The van der Waals surface area contributed by atoms with Crippen LogP contribution in [0.15, 0.2) is 5.38 Å². The highest BCUT2D eigenvalue weighted by Crippen LogP contribution is 2.17. The van der Waals surface area contributed by atoms with E-state index in [-0.39, 0.29) is 17.7 Å². The van der Waals surface area contributed by atoms with Crippen molar-refractivity contribution in [2.75, 3.05) is 19.6 Å². The van der Waals surface area contributed by atoms with Gasteiger partial charge in [0.05, 0.1) is 10.9 Å². The number of carbonyl (C=O) groups excluding carboxylic acids is 2. The summed E-state index contributed by atoms with van der Waals surface area (Å²) in [5, 5.41) is 5.94. The van der Waals surface area contributed by atoms with Crippen molar-refractivity contribution in [2.45, 2.75) is 26.7 Å². The zero-order valence-corrected chi connectivity index (χ0v) is 12.1. The number of amides is 2. The van der Waals surface area contributed by atoms with Crippen LogP contribution in [0.1, 0.15) is 24.0 Å². The van der Waals surface area contributed by atoms with E-state index in [4.69, 9.17) is 0 Å². The number of nitrogens with zero attached hydrogens (tertiary/aromatic N) is 2. The van der Waals surface area contributed by atoms with E-state index in [1.54, 1.807) is 16.2 Å². The molecule has 6 heteroatoms. The molecule has 1 aliphatic rings. The van der Waals surface area contributed by atoms with Crippen LogP contribution in [0.3, 0.4) is 0 Å². The summed E-state index contributed by atoms with van der Waals surface area (Å²) in [6.07, 6.45) is 1.10. The number of aromatic nitrogens is 1. The van der Waals surface area contributed by atoms with Crippen LogP contribution in [0, 0.1) is 12.8 Å². The minimum absolute atomic E-state index is 0.0161. The summed E-state index contributed by atoms with van der Waals surface area (Å²) in [5.41, 5.74) is 1.02. The van der Waals surface area contributed by atoms with E-state index >= 15 is 0 Å². The van der Waals surface area contributed by atoms with Crippen molar-refractivity contribution in [1.29, 1.82) is 0 Å². The normalized spacial score (nSPS) is 18.9. The number of carbonyl (C=O) groups is 2. The van der Waals surface area contributed by atoms with Crippen molar-refractivity contribution in [3.63, 3.8) is 0 Å². The Bertz CT molecular complexity index is 472.